The van der Waals surface area contributed by atoms with E-state index in [0.717, 1.165) is 0 Å². The third-order valence-electron chi connectivity index (χ3n) is 2.41. The topological polar surface area (TPSA) is 83.8 Å². The summed E-state index contributed by atoms with van der Waals surface area (Å²) in [7, 11) is 0. The molecule has 1 aromatic carbocycles. The Bertz CT molecular complexity index is 611. The molecular formula is C11H10BrClN4O. The predicted octanol–water partition coefficient (Wildman–Crippen LogP) is 2.97. The average Bonchev–Trinajstić information content (AvgIpc) is 2.66. The van der Waals surface area contributed by atoms with Gasteiger partial charge in [-0.2, -0.15) is 5.10 Å². The third kappa shape index (κ3) is 2.34. The highest BCUT2D eigenvalue weighted by atomic mass is 79.9. The highest BCUT2D eigenvalue weighted by Crippen LogP contribution is 2.30. The molecule has 4 N–H and O–H groups in total. The van der Waals surface area contributed by atoms with Gasteiger partial charge in [0.2, 0.25) is 0 Å². The molecule has 2 aromatic rings. The third-order valence-corrected chi connectivity index (χ3v) is 3.81. The largest absolute Gasteiger partial charge is 0.395 e. The van der Waals surface area contributed by atoms with E-state index in [4.69, 9.17) is 17.3 Å². The van der Waals surface area contributed by atoms with Gasteiger partial charge in [-0.15, -0.1) is 0 Å². The Morgan fingerprint density at radius 2 is 2.28 bits per heavy atom. The molecule has 0 aliphatic rings. The summed E-state index contributed by atoms with van der Waals surface area (Å²) in [4.78, 5) is 12.0. The molecule has 2 rings (SSSR count). The molecule has 0 fully saturated rings. The van der Waals surface area contributed by atoms with Gasteiger partial charge < -0.3 is 11.1 Å². The number of halogens is 2. The van der Waals surface area contributed by atoms with Crippen LogP contribution in [0.4, 0.5) is 11.4 Å². The first-order valence-corrected chi connectivity index (χ1v) is 6.23. The van der Waals surface area contributed by atoms with E-state index in [2.05, 4.69) is 31.4 Å². The minimum Gasteiger partial charge on any atom is -0.395 e. The van der Waals surface area contributed by atoms with Crippen LogP contribution < -0.4 is 11.1 Å². The lowest BCUT2D eigenvalue weighted by Crippen LogP contribution is -2.14. The number of rotatable bonds is 2. The summed E-state index contributed by atoms with van der Waals surface area (Å²) in [5.74, 6) is -0.389. The summed E-state index contributed by atoms with van der Waals surface area (Å²) in [5.41, 5.74) is 7.46. The lowest BCUT2D eigenvalue weighted by molar-refractivity contribution is 0.102. The van der Waals surface area contributed by atoms with E-state index in [-0.39, 0.29) is 11.6 Å². The lowest BCUT2D eigenvalue weighted by Gasteiger charge is -2.07. The zero-order valence-electron chi connectivity index (χ0n) is 9.42. The number of aromatic amines is 1. The fourth-order valence-electron chi connectivity index (χ4n) is 1.39. The number of carbonyl (C=O) groups is 1. The quantitative estimate of drug-likeness (QED) is 0.792. The van der Waals surface area contributed by atoms with Crippen LogP contribution in [0.5, 0.6) is 0 Å². The average molecular weight is 330 g/mol. The summed E-state index contributed by atoms with van der Waals surface area (Å²) >= 11 is 9.23. The Kier molecular flexibility index (Phi) is 3.58. The number of aromatic nitrogens is 2. The monoisotopic (exact) mass is 328 g/mol. The summed E-state index contributed by atoms with van der Waals surface area (Å²) in [6, 6.07) is 5.18. The lowest BCUT2D eigenvalue weighted by atomic mass is 10.2. The molecule has 1 aromatic heterocycles. The molecule has 0 saturated heterocycles. The number of nitrogens with two attached hydrogens (primary N) is 1. The van der Waals surface area contributed by atoms with Crippen LogP contribution in [0.1, 0.15) is 16.2 Å². The van der Waals surface area contributed by atoms with Crippen LogP contribution in [0, 0.1) is 6.92 Å². The van der Waals surface area contributed by atoms with Crippen LogP contribution in [0.3, 0.4) is 0 Å². The Hall–Kier alpha value is -1.53. The van der Waals surface area contributed by atoms with Gasteiger partial charge >= 0.3 is 0 Å². The van der Waals surface area contributed by atoms with E-state index >= 15 is 0 Å². The highest BCUT2D eigenvalue weighted by Gasteiger charge is 2.16. The first-order valence-electron chi connectivity index (χ1n) is 5.06. The highest BCUT2D eigenvalue weighted by molar-refractivity contribution is 9.10. The standard InChI is InChI=1S/C11H10BrClN4O/c1-5-9(14)10(17-16-5)11(18)15-7-4-2-3-6(13)8(7)12/h2-4H,14H2,1H3,(H,15,18)(H,16,17). The van der Waals surface area contributed by atoms with Crippen molar-refractivity contribution < 1.29 is 4.79 Å². The maximum Gasteiger partial charge on any atom is 0.278 e. The Morgan fingerprint density at radius 3 is 2.89 bits per heavy atom. The van der Waals surface area contributed by atoms with Crippen LogP contribution in [0.25, 0.3) is 0 Å². The summed E-state index contributed by atoms with van der Waals surface area (Å²) in [5, 5.41) is 9.71. The molecule has 1 heterocycles. The van der Waals surface area contributed by atoms with Gasteiger partial charge in [-0.05, 0) is 35.0 Å². The van der Waals surface area contributed by atoms with E-state index in [0.29, 0.717) is 26.6 Å². The number of aryl methyl sites for hydroxylation is 1. The van der Waals surface area contributed by atoms with E-state index < -0.39 is 0 Å². The van der Waals surface area contributed by atoms with E-state index in [1.807, 2.05) is 0 Å². The second kappa shape index (κ2) is 4.99. The molecule has 0 unspecified atom stereocenters. The maximum atomic E-state index is 12.0. The maximum absolute atomic E-state index is 12.0. The van der Waals surface area contributed by atoms with Crippen LogP contribution >= 0.6 is 27.5 Å². The number of amides is 1. The van der Waals surface area contributed by atoms with Crippen molar-refractivity contribution in [2.45, 2.75) is 6.92 Å². The van der Waals surface area contributed by atoms with Gasteiger partial charge in [0.15, 0.2) is 5.69 Å². The number of carbonyl (C=O) groups excluding carboxylic acids is 1. The van der Waals surface area contributed by atoms with Crippen molar-refractivity contribution in [3.8, 4) is 0 Å². The van der Waals surface area contributed by atoms with Crippen molar-refractivity contribution >= 4 is 44.8 Å². The number of anilines is 2. The number of H-pyrrole nitrogens is 1. The second-order valence-electron chi connectivity index (χ2n) is 3.67. The SMILES string of the molecule is Cc1[nH]nc(C(=O)Nc2cccc(Cl)c2Br)c1N. The Balaban J connectivity index is 2.27. The number of nitrogens with zero attached hydrogens (tertiary/aromatic N) is 1. The number of hydrogen-bond donors (Lipinski definition) is 3. The molecular weight excluding hydrogens is 320 g/mol. The molecule has 18 heavy (non-hydrogen) atoms. The second-order valence-corrected chi connectivity index (χ2v) is 4.87. The number of benzene rings is 1. The van der Waals surface area contributed by atoms with Crippen LogP contribution in [0.15, 0.2) is 22.7 Å². The first-order chi connectivity index (χ1) is 8.50. The van der Waals surface area contributed by atoms with Crippen molar-refractivity contribution in [2.24, 2.45) is 0 Å². The first kappa shape index (κ1) is 12.9. The zero-order chi connectivity index (χ0) is 13.3. The van der Waals surface area contributed by atoms with Crippen molar-refractivity contribution in [2.75, 3.05) is 11.1 Å². The summed E-state index contributed by atoms with van der Waals surface area (Å²) in [6.45, 7) is 1.74. The normalized spacial score (nSPS) is 10.4. The van der Waals surface area contributed by atoms with Gasteiger partial charge in [-0.25, -0.2) is 0 Å². The van der Waals surface area contributed by atoms with Crippen LogP contribution in [-0.4, -0.2) is 16.1 Å². The molecule has 0 atom stereocenters. The molecule has 0 aliphatic heterocycles. The molecule has 94 valence electrons. The number of hydrogen-bond acceptors (Lipinski definition) is 3. The Labute approximate surface area is 117 Å². The zero-order valence-corrected chi connectivity index (χ0v) is 11.8. The van der Waals surface area contributed by atoms with Gasteiger partial charge in [0.1, 0.15) is 0 Å². The molecule has 5 nitrogen and oxygen atoms in total. The van der Waals surface area contributed by atoms with Gasteiger partial charge in [-0.1, -0.05) is 17.7 Å². The molecule has 1 amide bonds. The van der Waals surface area contributed by atoms with Gasteiger partial charge in [-0.3, -0.25) is 9.89 Å². The van der Waals surface area contributed by atoms with Crippen molar-refractivity contribution in [3.05, 3.63) is 39.1 Å². The molecule has 0 spiro atoms. The molecule has 0 bridgehead atoms. The Morgan fingerprint density at radius 1 is 1.56 bits per heavy atom. The summed E-state index contributed by atoms with van der Waals surface area (Å²) < 4.78 is 0.617. The van der Waals surface area contributed by atoms with Crippen molar-refractivity contribution in [1.29, 1.82) is 0 Å². The minimum atomic E-state index is -0.389. The molecule has 0 aliphatic carbocycles. The molecule has 0 saturated carbocycles. The number of nitrogens with one attached hydrogen (secondary N) is 2. The van der Waals surface area contributed by atoms with Crippen LogP contribution in [0.2, 0.25) is 5.02 Å². The van der Waals surface area contributed by atoms with E-state index in [1.165, 1.54) is 0 Å². The molecule has 0 radical (unpaired) electrons. The minimum absolute atomic E-state index is 0.166. The fourth-order valence-corrected chi connectivity index (χ4v) is 1.93. The van der Waals surface area contributed by atoms with Gasteiger partial charge in [0, 0.05) is 0 Å². The number of nitrogen functional groups attached to an aromatic ring is 1. The van der Waals surface area contributed by atoms with Crippen molar-refractivity contribution in [3.63, 3.8) is 0 Å². The van der Waals surface area contributed by atoms with Gasteiger partial charge in [0.05, 0.1) is 26.6 Å². The predicted molar refractivity (Wildman–Crippen MR) is 74.8 cm³/mol. The molecule has 7 heteroatoms. The van der Waals surface area contributed by atoms with E-state index in [1.54, 1.807) is 25.1 Å². The van der Waals surface area contributed by atoms with Gasteiger partial charge in [0.25, 0.3) is 5.91 Å². The summed E-state index contributed by atoms with van der Waals surface area (Å²) in [6.07, 6.45) is 0. The van der Waals surface area contributed by atoms with Crippen LogP contribution in [-0.2, 0) is 0 Å². The smallest absolute Gasteiger partial charge is 0.278 e. The van der Waals surface area contributed by atoms with E-state index in [9.17, 15) is 4.79 Å². The van der Waals surface area contributed by atoms with Crippen molar-refractivity contribution in [1.82, 2.24) is 10.2 Å². The fraction of sp³-hybridized carbons (Fsp3) is 0.0909.